The van der Waals surface area contributed by atoms with Crippen LogP contribution in [0.4, 0.5) is 0 Å². The van der Waals surface area contributed by atoms with Crippen molar-refractivity contribution in [2.45, 2.75) is 0 Å². The van der Waals surface area contributed by atoms with E-state index in [2.05, 4.69) is 37.2 Å². The fourth-order valence-corrected chi connectivity index (χ4v) is 4.18. The van der Waals surface area contributed by atoms with Gasteiger partial charge in [0.25, 0.3) is 5.91 Å². The van der Waals surface area contributed by atoms with E-state index in [1.807, 2.05) is 60.7 Å². The van der Waals surface area contributed by atoms with Crippen molar-refractivity contribution in [2.75, 3.05) is 0 Å². The van der Waals surface area contributed by atoms with E-state index in [-0.39, 0.29) is 5.91 Å². The molecule has 0 atom stereocenters. The molecule has 0 aliphatic carbocycles. The maximum Gasteiger partial charge on any atom is 0.263 e. The monoisotopic (exact) mass is 561 g/mol. The highest BCUT2D eigenvalue weighted by atomic mass is 79.9. The van der Waals surface area contributed by atoms with Gasteiger partial charge in [-0.15, -0.1) is 0 Å². The summed E-state index contributed by atoms with van der Waals surface area (Å²) in [5.41, 5.74) is 0.739. The van der Waals surface area contributed by atoms with Crippen LogP contribution in [0.1, 0.15) is 5.56 Å². The Kier molecular flexibility index (Phi) is 6.58. The van der Waals surface area contributed by atoms with Gasteiger partial charge < -0.3 is 14.8 Å². The number of thiocarbonyl (C=S) groups is 1. The molecule has 0 saturated carbocycles. The maximum atomic E-state index is 12.1. The predicted octanol–water partition coefficient (Wildman–Crippen LogP) is 7.29. The summed E-state index contributed by atoms with van der Waals surface area (Å²) in [6.07, 6.45) is 1.76. The minimum absolute atomic E-state index is 0.213. The number of carbonyl (C=O) groups excluding carboxylic acids is 1. The van der Waals surface area contributed by atoms with Crippen LogP contribution in [0.3, 0.4) is 0 Å². The average Bonchev–Trinajstić information content (AvgIpc) is 3.04. The summed E-state index contributed by atoms with van der Waals surface area (Å²) in [6, 6.07) is 20.5. The molecule has 3 aromatic rings. The van der Waals surface area contributed by atoms with E-state index in [0.29, 0.717) is 32.2 Å². The van der Waals surface area contributed by atoms with E-state index in [4.69, 9.17) is 21.7 Å². The number of nitrogens with one attached hydrogen (secondary N) is 1. The van der Waals surface area contributed by atoms with E-state index in [1.54, 1.807) is 12.1 Å². The molecule has 150 valence electrons. The fraction of sp³-hybridized carbons (Fsp3) is 0. The number of halogens is 2. The molecule has 1 aliphatic rings. The lowest BCUT2D eigenvalue weighted by molar-refractivity contribution is -0.115. The molecule has 1 aliphatic heterocycles. The molecular formula is C22H13Br2NO3S2. The lowest BCUT2D eigenvalue weighted by atomic mass is 10.1. The van der Waals surface area contributed by atoms with Gasteiger partial charge in [0.05, 0.1) is 4.91 Å². The van der Waals surface area contributed by atoms with Crippen LogP contribution in [-0.2, 0) is 4.79 Å². The van der Waals surface area contributed by atoms with Gasteiger partial charge in [0.2, 0.25) is 0 Å². The number of hydrogen-bond donors (Lipinski definition) is 1. The third-order valence-electron chi connectivity index (χ3n) is 4.00. The minimum atomic E-state index is -0.213. The Morgan fingerprint density at radius 2 is 1.40 bits per heavy atom. The Hall–Kier alpha value is -2.13. The number of rotatable bonds is 5. The van der Waals surface area contributed by atoms with E-state index in [1.165, 1.54) is 11.8 Å². The standard InChI is InChI=1S/C22H13Br2NO3S2/c23-14-2-7-16(8-3-14)27-18-6-1-13(11-20-21(26)25-22(29)30-20)19(12-18)28-17-9-4-15(24)5-10-17/h1-12H,(H,25,26,29)/b20-11+. The Morgan fingerprint density at radius 1 is 0.833 bits per heavy atom. The van der Waals surface area contributed by atoms with Crippen molar-refractivity contribution in [3.8, 4) is 23.0 Å². The molecule has 30 heavy (non-hydrogen) atoms. The molecule has 0 unspecified atom stereocenters. The second kappa shape index (κ2) is 9.34. The van der Waals surface area contributed by atoms with Crippen LogP contribution in [0.2, 0.25) is 0 Å². The van der Waals surface area contributed by atoms with Gasteiger partial charge in [0.15, 0.2) is 0 Å². The highest BCUT2D eigenvalue weighted by molar-refractivity contribution is 9.10. The summed E-state index contributed by atoms with van der Waals surface area (Å²) in [6.45, 7) is 0. The molecule has 3 aromatic carbocycles. The van der Waals surface area contributed by atoms with Gasteiger partial charge in [0.1, 0.15) is 27.3 Å². The van der Waals surface area contributed by atoms with Crippen LogP contribution >= 0.6 is 55.8 Å². The van der Waals surface area contributed by atoms with Crippen LogP contribution in [-0.4, -0.2) is 10.2 Å². The smallest absolute Gasteiger partial charge is 0.263 e. The number of carbonyl (C=O) groups is 1. The molecule has 0 bridgehead atoms. The van der Waals surface area contributed by atoms with Crippen LogP contribution < -0.4 is 14.8 Å². The van der Waals surface area contributed by atoms with Gasteiger partial charge in [-0.05, 0) is 66.7 Å². The first kappa shape index (κ1) is 21.1. The topological polar surface area (TPSA) is 47.6 Å². The van der Waals surface area contributed by atoms with Crippen molar-refractivity contribution in [1.82, 2.24) is 5.32 Å². The van der Waals surface area contributed by atoms with Crippen molar-refractivity contribution < 1.29 is 14.3 Å². The minimum Gasteiger partial charge on any atom is -0.457 e. The van der Waals surface area contributed by atoms with E-state index in [0.717, 1.165) is 14.5 Å². The second-order valence-electron chi connectivity index (χ2n) is 6.16. The third kappa shape index (κ3) is 5.31. The van der Waals surface area contributed by atoms with E-state index in [9.17, 15) is 4.79 Å². The summed E-state index contributed by atoms with van der Waals surface area (Å²) in [4.78, 5) is 12.6. The number of thioether (sulfide) groups is 1. The summed E-state index contributed by atoms with van der Waals surface area (Å²) in [5, 5.41) is 2.62. The van der Waals surface area contributed by atoms with E-state index < -0.39 is 0 Å². The quantitative estimate of drug-likeness (QED) is 0.261. The van der Waals surface area contributed by atoms with Crippen molar-refractivity contribution >= 4 is 72.1 Å². The molecule has 0 radical (unpaired) electrons. The van der Waals surface area contributed by atoms with Gasteiger partial charge in [0, 0.05) is 20.6 Å². The van der Waals surface area contributed by atoms with E-state index >= 15 is 0 Å². The number of ether oxygens (including phenoxy) is 2. The largest absolute Gasteiger partial charge is 0.457 e. The molecule has 1 heterocycles. The van der Waals surface area contributed by atoms with Crippen molar-refractivity contribution in [2.24, 2.45) is 0 Å². The molecule has 0 aromatic heterocycles. The normalized spacial score (nSPS) is 14.7. The summed E-state index contributed by atoms with van der Waals surface area (Å²) < 4.78 is 14.4. The molecule has 0 spiro atoms. The molecule has 1 amide bonds. The highest BCUT2D eigenvalue weighted by Crippen LogP contribution is 2.35. The first-order valence-corrected chi connectivity index (χ1v) is 11.5. The first-order chi connectivity index (χ1) is 14.5. The van der Waals surface area contributed by atoms with Gasteiger partial charge in [-0.25, -0.2) is 0 Å². The van der Waals surface area contributed by atoms with Crippen LogP contribution in [0.25, 0.3) is 6.08 Å². The van der Waals surface area contributed by atoms with Crippen molar-refractivity contribution in [3.05, 3.63) is 86.1 Å². The van der Waals surface area contributed by atoms with Crippen LogP contribution in [0.15, 0.2) is 80.6 Å². The molecule has 1 saturated heterocycles. The zero-order chi connectivity index (χ0) is 21.1. The summed E-state index contributed by atoms with van der Waals surface area (Å²) in [7, 11) is 0. The Morgan fingerprint density at radius 3 is 1.97 bits per heavy atom. The van der Waals surface area contributed by atoms with Gasteiger partial charge in [-0.3, -0.25) is 4.79 Å². The second-order valence-corrected chi connectivity index (χ2v) is 9.71. The van der Waals surface area contributed by atoms with Crippen molar-refractivity contribution in [3.63, 3.8) is 0 Å². The first-order valence-electron chi connectivity index (χ1n) is 8.72. The molecule has 1 N–H and O–H groups in total. The van der Waals surface area contributed by atoms with Crippen molar-refractivity contribution in [1.29, 1.82) is 0 Å². The lowest BCUT2D eigenvalue weighted by Gasteiger charge is -2.12. The Balaban J connectivity index is 1.68. The predicted molar refractivity (Wildman–Crippen MR) is 131 cm³/mol. The molecule has 4 rings (SSSR count). The zero-order valence-corrected chi connectivity index (χ0v) is 20.0. The van der Waals surface area contributed by atoms with Crippen LogP contribution in [0.5, 0.6) is 23.0 Å². The summed E-state index contributed by atoms with van der Waals surface area (Å²) >= 11 is 13.1. The third-order valence-corrected chi connectivity index (χ3v) is 6.22. The fourth-order valence-electron chi connectivity index (χ4n) is 2.62. The lowest BCUT2D eigenvalue weighted by Crippen LogP contribution is -2.17. The van der Waals surface area contributed by atoms with Gasteiger partial charge in [-0.1, -0.05) is 55.8 Å². The number of amides is 1. The Bertz CT molecular complexity index is 1150. The molecule has 1 fully saturated rings. The highest BCUT2D eigenvalue weighted by Gasteiger charge is 2.22. The average molecular weight is 563 g/mol. The van der Waals surface area contributed by atoms with Crippen LogP contribution in [0, 0.1) is 0 Å². The summed E-state index contributed by atoms with van der Waals surface area (Å²) in [5.74, 6) is 2.33. The zero-order valence-electron chi connectivity index (χ0n) is 15.2. The number of hydrogen-bond acceptors (Lipinski definition) is 5. The van der Waals surface area contributed by atoms with Gasteiger partial charge in [-0.2, -0.15) is 0 Å². The molecule has 4 nitrogen and oxygen atoms in total. The number of benzene rings is 3. The maximum absolute atomic E-state index is 12.1. The SMILES string of the molecule is O=C1NC(=S)S/C1=C/c1ccc(Oc2ccc(Br)cc2)cc1Oc1ccc(Br)cc1. The van der Waals surface area contributed by atoms with Gasteiger partial charge >= 0.3 is 0 Å². The molecule has 8 heteroatoms. The molecular weight excluding hydrogens is 550 g/mol. The Labute approximate surface area is 199 Å².